The summed E-state index contributed by atoms with van der Waals surface area (Å²) in [6.07, 6.45) is 0.736. The molecule has 0 atom stereocenters. The first kappa shape index (κ1) is 18.0. The summed E-state index contributed by atoms with van der Waals surface area (Å²) in [5.74, 6) is 0.962. The summed E-state index contributed by atoms with van der Waals surface area (Å²) in [4.78, 5) is 19.0. The summed E-state index contributed by atoms with van der Waals surface area (Å²) in [5, 5.41) is 2.09. The highest BCUT2D eigenvalue weighted by atomic mass is 32.2. The minimum absolute atomic E-state index is 0.0415. The van der Waals surface area contributed by atoms with Crippen molar-refractivity contribution in [3.63, 3.8) is 0 Å². The predicted octanol–water partition coefficient (Wildman–Crippen LogP) is 5.41. The van der Waals surface area contributed by atoms with Crippen molar-refractivity contribution in [2.45, 2.75) is 23.4 Å². The molecule has 0 N–H and O–H groups in total. The van der Waals surface area contributed by atoms with Crippen molar-refractivity contribution >= 4 is 34.7 Å². The third-order valence-electron chi connectivity index (χ3n) is 4.64. The molecule has 1 aliphatic rings. The van der Waals surface area contributed by atoms with Gasteiger partial charge < -0.3 is 4.90 Å². The third-order valence-corrected chi connectivity index (χ3v) is 6.79. The summed E-state index contributed by atoms with van der Waals surface area (Å²) in [6.45, 7) is 6.81. The Labute approximate surface area is 167 Å². The molecule has 136 valence electrons. The first-order valence-corrected chi connectivity index (χ1v) is 10.7. The van der Waals surface area contributed by atoms with E-state index in [1.165, 1.54) is 11.1 Å². The lowest BCUT2D eigenvalue weighted by molar-refractivity contribution is 0.0851. The number of amides is 1. The molecule has 0 saturated carbocycles. The molecule has 4 rings (SSSR count). The van der Waals surface area contributed by atoms with E-state index in [9.17, 15) is 4.79 Å². The first-order chi connectivity index (χ1) is 13.1. The molecule has 0 radical (unpaired) electrons. The fourth-order valence-electron chi connectivity index (χ4n) is 3.10. The number of carbonyl (C=O) groups is 1. The second-order valence-corrected chi connectivity index (χ2v) is 8.66. The Morgan fingerprint density at radius 3 is 2.59 bits per heavy atom. The number of aryl methyl sites for hydroxylation is 1. The van der Waals surface area contributed by atoms with Crippen molar-refractivity contribution in [1.82, 2.24) is 9.88 Å². The van der Waals surface area contributed by atoms with Crippen LogP contribution >= 0.6 is 23.1 Å². The average Bonchev–Trinajstić information content (AvgIpc) is 3.24. The number of hydrogen-bond donors (Lipinski definition) is 0. The molecular formula is C22H20N2OS2. The van der Waals surface area contributed by atoms with Gasteiger partial charge in [-0.3, -0.25) is 4.79 Å². The van der Waals surface area contributed by atoms with Crippen LogP contribution in [0.2, 0.25) is 0 Å². The normalized spacial score (nSPS) is 13.3. The van der Waals surface area contributed by atoms with Crippen LogP contribution in [0, 0.1) is 6.92 Å². The fourth-order valence-corrected chi connectivity index (χ4v) is 4.93. The van der Waals surface area contributed by atoms with Crippen molar-refractivity contribution < 1.29 is 4.79 Å². The molecule has 3 aromatic rings. The largest absolute Gasteiger partial charge is 0.308 e. The van der Waals surface area contributed by atoms with Gasteiger partial charge in [-0.2, -0.15) is 0 Å². The van der Waals surface area contributed by atoms with Crippen molar-refractivity contribution in [3.8, 4) is 0 Å². The number of thioether (sulfide) groups is 1. The highest BCUT2D eigenvalue weighted by molar-refractivity contribution is 8.00. The molecule has 27 heavy (non-hydrogen) atoms. The molecule has 3 nitrogen and oxygen atoms in total. The second-order valence-electron chi connectivity index (χ2n) is 6.58. The Bertz CT molecular complexity index is 957. The van der Waals surface area contributed by atoms with E-state index in [1.54, 1.807) is 28.0 Å². The van der Waals surface area contributed by atoms with E-state index >= 15 is 0 Å². The van der Waals surface area contributed by atoms with Crippen molar-refractivity contribution in [2.24, 2.45) is 0 Å². The second kappa shape index (κ2) is 7.71. The Hall–Kier alpha value is -2.37. The summed E-state index contributed by atoms with van der Waals surface area (Å²) in [5.41, 5.74) is 6.09. The molecule has 2 aromatic carbocycles. The number of thiazole rings is 1. The van der Waals surface area contributed by atoms with E-state index < -0.39 is 0 Å². The molecule has 1 aliphatic heterocycles. The Balaban J connectivity index is 1.34. The van der Waals surface area contributed by atoms with Crippen LogP contribution in [-0.2, 0) is 12.2 Å². The van der Waals surface area contributed by atoms with Gasteiger partial charge >= 0.3 is 0 Å². The van der Waals surface area contributed by atoms with Gasteiger partial charge in [-0.1, -0.05) is 66.4 Å². The number of hydrogen-bond acceptors (Lipinski definition) is 4. The lowest BCUT2D eigenvalue weighted by Gasteiger charge is -2.16. The maximum Gasteiger partial charge on any atom is 0.258 e. The molecule has 5 heteroatoms. The smallest absolute Gasteiger partial charge is 0.258 e. The van der Waals surface area contributed by atoms with Crippen LogP contribution in [0.25, 0.3) is 5.70 Å². The zero-order valence-corrected chi connectivity index (χ0v) is 16.8. The minimum Gasteiger partial charge on any atom is -0.308 e. The van der Waals surface area contributed by atoms with Crippen LogP contribution < -0.4 is 0 Å². The van der Waals surface area contributed by atoms with Crippen LogP contribution in [0.3, 0.4) is 0 Å². The molecule has 0 fully saturated rings. The van der Waals surface area contributed by atoms with Crippen LogP contribution in [0.1, 0.15) is 32.7 Å². The van der Waals surface area contributed by atoms with E-state index in [0.29, 0.717) is 6.54 Å². The van der Waals surface area contributed by atoms with Crippen molar-refractivity contribution in [1.29, 1.82) is 0 Å². The van der Waals surface area contributed by atoms with Crippen LogP contribution in [-0.4, -0.2) is 22.3 Å². The number of aromatic nitrogens is 1. The van der Waals surface area contributed by atoms with Crippen molar-refractivity contribution in [3.05, 3.63) is 88.4 Å². The van der Waals surface area contributed by atoms with Gasteiger partial charge in [-0.05, 0) is 18.6 Å². The van der Waals surface area contributed by atoms with E-state index in [0.717, 1.165) is 39.0 Å². The predicted molar refractivity (Wildman–Crippen MR) is 113 cm³/mol. The summed E-state index contributed by atoms with van der Waals surface area (Å²) >= 11 is 3.43. The standard InChI is InChI=1S/C22H20N2OS2/c1-15-7-9-17(10-8-15)13-26-22-23-18(14-27-22)11-12-24-16(2)19-5-3-4-6-20(19)21(24)25/h3-10,14H,2,11-13H2,1H3. The van der Waals surface area contributed by atoms with Crippen LogP contribution in [0.4, 0.5) is 0 Å². The average molecular weight is 393 g/mol. The molecule has 0 unspecified atom stereocenters. The number of fused-ring (bicyclic) bond motifs is 1. The lowest BCUT2D eigenvalue weighted by atomic mass is 10.1. The number of rotatable bonds is 6. The van der Waals surface area contributed by atoms with Gasteiger partial charge in [0.05, 0.1) is 5.69 Å². The van der Waals surface area contributed by atoms with E-state index in [-0.39, 0.29) is 5.91 Å². The Morgan fingerprint density at radius 1 is 1.11 bits per heavy atom. The zero-order chi connectivity index (χ0) is 18.8. The number of benzene rings is 2. The van der Waals surface area contributed by atoms with Gasteiger partial charge in [0.25, 0.3) is 5.91 Å². The van der Waals surface area contributed by atoms with Crippen LogP contribution in [0.5, 0.6) is 0 Å². The molecule has 2 heterocycles. The van der Waals surface area contributed by atoms with E-state index in [4.69, 9.17) is 4.98 Å². The van der Waals surface area contributed by atoms with Gasteiger partial charge in [-0.15, -0.1) is 11.3 Å². The van der Waals surface area contributed by atoms with Gasteiger partial charge in [0, 0.05) is 40.9 Å². The highest BCUT2D eigenvalue weighted by Crippen LogP contribution is 2.31. The van der Waals surface area contributed by atoms with Gasteiger partial charge in [0.15, 0.2) is 0 Å². The lowest BCUT2D eigenvalue weighted by Crippen LogP contribution is -2.25. The SMILES string of the molecule is C=C1c2ccccc2C(=O)N1CCc1csc(SCc2ccc(C)cc2)n1. The van der Waals surface area contributed by atoms with Gasteiger partial charge in [0.1, 0.15) is 4.34 Å². The molecule has 0 saturated heterocycles. The maximum absolute atomic E-state index is 12.6. The molecular weight excluding hydrogens is 372 g/mol. The van der Waals surface area contributed by atoms with Gasteiger partial charge in [-0.25, -0.2) is 4.98 Å². The molecule has 1 amide bonds. The zero-order valence-electron chi connectivity index (χ0n) is 15.1. The number of nitrogens with zero attached hydrogens (tertiary/aromatic N) is 2. The molecule has 0 bridgehead atoms. The molecule has 0 spiro atoms. The number of carbonyl (C=O) groups excluding carboxylic acids is 1. The van der Waals surface area contributed by atoms with Gasteiger partial charge in [0.2, 0.25) is 0 Å². The van der Waals surface area contributed by atoms with E-state index in [2.05, 4.69) is 43.1 Å². The topological polar surface area (TPSA) is 33.2 Å². The quantitative estimate of drug-likeness (QED) is 0.526. The monoisotopic (exact) mass is 392 g/mol. The fraction of sp³-hybridized carbons (Fsp3) is 0.182. The molecule has 1 aromatic heterocycles. The first-order valence-electron chi connectivity index (χ1n) is 8.85. The summed E-state index contributed by atoms with van der Waals surface area (Å²) in [7, 11) is 0. The minimum atomic E-state index is 0.0415. The Morgan fingerprint density at radius 2 is 1.85 bits per heavy atom. The summed E-state index contributed by atoms with van der Waals surface area (Å²) < 4.78 is 1.07. The van der Waals surface area contributed by atoms with Crippen molar-refractivity contribution in [2.75, 3.05) is 6.54 Å². The maximum atomic E-state index is 12.6. The highest BCUT2D eigenvalue weighted by Gasteiger charge is 2.30. The summed E-state index contributed by atoms with van der Waals surface area (Å²) in [6, 6.07) is 16.3. The third kappa shape index (κ3) is 3.84. The Kier molecular flexibility index (Phi) is 5.14. The van der Waals surface area contributed by atoms with E-state index in [1.807, 2.05) is 24.3 Å². The molecule has 0 aliphatic carbocycles. The van der Waals surface area contributed by atoms with Crippen LogP contribution in [0.15, 0.2) is 64.8 Å².